The maximum atomic E-state index is 4.28. The Kier molecular flexibility index (Phi) is 2.28. The van der Waals surface area contributed by atoms with Crippen LogP contribution in [0.25, 0.3) is 10.9 Å². The fourth-order valence-corrected chi connectivity index (χ4v) is 2.48. The molecule has 0 aliphatic heterocycles. The van der Waals surface area contributed by atoms with Crippen molar-refractivity contribution in [1.29, 1.82) is 0 Å². The van der Waals surface area contributed by atoms with Gasteiger partial charge in [-0.2, -0.15) is 5.10 Å². The van der Waals surface area contributed by atoms with E-state index in [0.29, 0.717) is 5.92 Å². The Morgan fingerprint density at radius 1 is 1.38 bits per heavy atom. The van der Waals surface area contributed by atoms with Crippen LogP contribution in [-0.4, -0.2) is 9.78 Å². The van der Waals surface area contributed by atoms with Gasteiger partial charge in [0.1, 0.15) is 0 Å². The lowest BCUT2D eigenvalue weighted by molar-refractivity contribution is 0.654. The highest BCUT2D eigenvalue weighted by atomic mass is 15.2. The second-order valence-electron chi connectivity index (χ2n) is 4.55. The van der Waals surface area contributed by atoms with Crippen molar-refractivity contribution in [2.45, 2.75) is 25.2 Å². The first kappa shape index (κ1) is 9.64. The van der Waals surface area contributed by atoms with Gasteiger partial charge in [-0.05, 0) is 30.9 Å². The van der Waals surface area contributed by atoms with E-state index < -0.39 is 0 Å². The molecule has 0 radical (unpaired) electrons. The zero-order chi connectivity index (χ0) is 11.0. The molecule has 0 fully saturated rings. The highest BCUT2D eigenvalue weighted by Gasteiger charge is 2.12. The zero-order valence-electron chi connectivity index (χ0n) is 9.56. The zero-order valence-corrected chi connectivity index (χ0v) is 9.56. The summed E-state index contributed by atoms with van der Waals surface area (Å²) in [5, 5.41) is 5.51. The van der Waals surface area contributed by atoms with Gasteiger partial charge < -0.3 is 0 Å². The van der Waals surface area contributed by atoms with Crippen LogP contribution in [0.15, 0.2) is 36.5 Å². The van der Waals surface area contributed by atoms with Crippen molar-refractivity contribution >= 4 is 10.9 Å². The quantitative estimate of drug-likeness (QED) is 0.662. The molecule has 2 heteroatoms. The summed E-state index contributed by atoms with van der Waals surface area (Å²) in [6.45, 7) is 0. The SMILES string of the molecule is Cn1ncc2ccc([C@@H]3C=CCCC3)cc21. The van der Waals surface area contributed by atoms with Crippen LogP contribution < -0.4 is 0 Å². The number of aromatic nitrogens is 2. The lowest BCUT2D eigenvalue weighted by Crippen LogP contribution is -1.99. The van der Waals surface area contributed by atoms with E-state index in [9.17, 15) is 0 Å². The van der Waals surface area contributed by atoms with Crippen molar-refractivity contribution in [2.24, 2.45) is 7.05 Å². The number of hydrogen-bond acceptors (Lipinski definition) is 1. The normalized spacial score (nSPS) is 20.4. The summed E-state index contributed by atoms with van der Waals surface area (Å²) >= 11 is 0. The fourth-order valence-electron chi connectivity index (χ4n) is 2.48. The standard InChI is InChI=1S/C14H16N2/c1-16-14-9-12(7-8-13(14)10-15-16)11-5-3-2-4-6-11/h3,5,7-11H,2,4,6H2,1H3/t11-/m1/s1. The second kappa shape index (κ2) is 3.78. The molecular formula is C14H16N2. The monoisotopic (exact) mass is 212 g/mol. The van der Waals surface area contributed by atoms with Crippen LogP contribution >= 0.6 is 0 Å². The first-order valence-electron chi connectivity index (χ1n) is 5.93. The van der Waals surface area contributed by atoms with E-state index in [1.54, 1.807) is 0 Å². The maximum absolute atomic E-state index is 4.28. The third kappa shape index (κ3) is 1.54. The molecule has 0 saturated heterocycles. The highest BCUT2D eigenvalue weighted by Crippen LogP contribution is 2.29. The van der Waals surface area contributed by atoms with Crippen molar-refractivity contribution in [1.82, 2.24) is 9.78 Å². The van der Waals surface area contributed by atoms with Crippen LogP contribution in [0.4, 0.5) is 0 Å². The van der Waals surface area contributed by atoms with Crippen molar-refractivity contribution in [3.8, 4) is 0 Å². The number of hydrogen-bond donors (Lipinski definition) is 0. The summed E-state index contributed by atoms with van der Waals surface area (Å²) in [7, 11) is 2.00. The first-order valence-corrected chi connectivity index (χ1v) is 5.93. The van der Waals surface area contributed by atoms with Gasteiger partial charge in [-0.3, -0.25) is 4.68 Å². The Bertz CT molecular complexity index is 537. The van der Waals surface area contributed by atoms with Crippen LogP contribution in [0, 0.1) is 0 Å². The van der Waals surface area contributed by atoms with Gasteiger partial charge in [-0.25, -0.2) is 0 Å². The van der Waals surface area contributed by atoms with E-state index in [0.717, 1.165) is 0 Å². The molecule has 1 aliphatic carbocycles. The van der Waals surface area contributed by atoms with Crippen molar-refractivity contribution in [2.75, 3.05) is 0 Å². The molecule has 0 unspecified atom stereocenters. The topological polar surface area (TPSA) is 17.8 Å². The molecule has 1 aromatic heterocycles. The average molecular weight is 212 g/mol. The molecule has 0 saturated carbocycles. The van der Waals surface area contributed by atoms with Crippen molar-refractivity contribution < 1.29 is 0 Å². The molecule has 1 aliphatic rings. The molecule has 2 nitrogen and oxygen atoms in total. The molecular weight excluding hydrogens is 196 g/mol. The number of rotatable bonds is 1. The molecule has 1 aromatic carbocycles. The summed E-state index contributed by atoms with van der Waals surface area (Å²) in [5.74, 6) is 0.605. The first-order chi connectivity index (χ1) is 7.84. The van der Waals surface area contributed by atoms with Crippen LogP contribution in [0.3, 0.4) is 0 Å². The largest absolute Gasteiger partial charge is 0.268 e. The Morgan fingerprint density at radius 3 is 3.12 bits per heavy atom. The Morgan fingerprint density at radius 2 is 2.31 bits per heavy atom. The minimum atomic E-state index is 0.605. The van der Waals surface area contributed by atoms with Crippen LogP contribution in [0.5, 0.6) is 0 Å². The predicted molar refractivity (Wildman–Crippen MR) is 66.4 cm³/mol. The maximum Gasteiger partial charge on any atom is 0.0682 e. The van der Waals surface area contributed by atoms with Gasteiger partial charge in [-0.15, -0.1) is 0 Å². The predicted octanol–water partition coefficient (Wildman–Crippen LogP) is 3.40. The van der Waals surface area contributed by atoms with Gasteiger partial charge in [0.15, 0.2) is 0 Å². The second-order valence-corrected chi connectivity index (χ2v) is 4.55. The lowest BCUT2D eigenvalue weighted by atomic mass is 9.89. The van der Waals surface area contributed by atoms with E-state index in [-0.39, 0.29) is 0 Å². The number of nitrogens with zero attached hydrogens (tertiary/aromatic N) is 2. The molecule has 1 heterocycles. The summed E-state index contributed by atoms with van der Waals surface area (Å²) < 4.78 is 1.95. The summed E-state index contributed by atoms with van der Waals surface area (Å²) in [5.41, 5.74) is 2.66. The van der Waals surface area contributed by atoms with E-state index in [4.69, 9.17) is 0 Å². The number of benzene rings is 1. The van der Waals surface area contributed by atoms with Crippen molar-refractivity contribution in [3.05, 3.63) is 42.1 Å². The Hall–Kier alpha value is -1.57. The molecule has 3 rings (SSSR count). The number of fused-ring (bicyclic) bond motifs is 1. The third-order valence-electron chi connectivity index (χ3n) is 3.46. The van der Waals surface area contributed by atoms with Crippen LogP contribution in [0.1, 0.15) is 30.7 Å². The third-order valence-corrected chi connectivity index (χ3v) is 3.46. The molecule has 16 heavy (non-hydrogen) atoms. The molecule has 2 aromatic rings. The average Bonchev–Trinajstić information content (AvgIpc) is 2.72. The van der Waals surface area contributed by atoms with E-state index in [1.807, 2.05) is 17.9 Å². The number of aryl methyl sites for hydroxylation is 1. The summed E-state index contributed by atoms with van der Waals surface area (Å²) in [6.07, 6.45) is 10.4. The van der Waals surface area contributed by atoms with Gasteiger partial charge in [-0.1, -0.05) is 24.3 Å². The smallest absolute Gasteiger partial charge is 0.0682 e. The van der Waals surface area contributed by atoms with E-state index in [1.165, 1.54) is 35.7 Å². The molecule has 1 atom stereocenters. The van der Waals surface area contributed by atoms with Crippen molar-refractivity contribution in [3.63, 3.8) is 0 Å². The minimum Gasteiger partial charge on any atom is -0.268 e. The fraction of sp³-hybridized carbons (Fsp3) is 0.357. The van der Waals surface area contributed by atoms with Gasteiger partial charge in [0.05, 0.1) is 11.7 Å². The minimum absolute atomic E-state index is 0.605. The Labute approximate surface area is 95.6 Å². The number of allylic oxidation sites excluding steroid dienone is 2. The highest BCUT2D eigenvalue weighted by molar-refractivity contribution is 5.79. The van der Waals surface area contributed by atoms with Gasteiger partial charge in [0, 0.05) is 18.4 Å². The molecule has 0 N–H and O–H groups in total. The lowest BCUT2D eigenvalue weighted by Gasteiger charge is -2.16. The molecule has 82 valence electrons. The van der Waals surface area contributed by atoms with Gasteiger partial charge in [0.25, 0.3) is 0 Å². The molecule has 0 bridgehead atoms. The Balaban J connectivity index is 2.06. The molecule has 0 amide bonds. The van der Waals surface area contributed by atoms with Gasteiger partial charge in [0.2, 0.25) is 0 Å². The van der Waals surface area contributed by atoms with Crippen LogP contribution in [-0.2, 0) is 7.05 Å². The summed E-state index contributed by atoms with van der Waals surface area (Å²) in [4.78, 5) is 0. The molecule has 0 spiro atoms. The van der Waals surface area contributed by atoms with E-state index >= 15 is 0 Å². The summed E-state index contributed by atoms with van der Waals surface area (Å²) in [6, 6.07) is 6.70. The van der Waals surface area contributed by atoms with E-state index in [2.05, 4.69) is 35.4 Å². The van der Waals surface area contributed by atoms with Crippen LogP contribution in [0.2, 0.25) is 0 Å². The van der Waals surface area contributed by atoms with Gasteiger partial charge >= 0.3 is 0 Å².